The third-order valence-electron chi connectivity index (χ3n) is 6.65. The molecule has 1 heterocycles. The Bertz CT molecular complexity index is 923. The van der Waals surface area contributed by atoms with Gasteiger partial charge in [0.05, 0.1) is 12.2 Å². The van der Waals surface area contributed by atoms with E-state index in [0.29, 0.717) is 18.5 Å². The van der Waals surface area contributed by atoms with Crippen molar-refractivity contribution in [3.63, 3.8) is 0 Å². The molecule has 0 saturated heterocycles. The minimum Gasteiger partial charge on any atom is -0.361 e. The summed E-state index contributed by atoms with van der Waals surface area (Å²) < 4.78 is 13.9. The first-order chi connectivity index (χ1) is 15.5. The van der Waals surface area contributed by atoms with Crippen LogP contribution in [0.5, 0.6) is 0 Å². The number of nitrogens with one attached hydrogen (secondary N) is 2. The van der Waals surface area contributed by atoms with Gasteiger partial charge in [-0.3, -0.25) is 9.69 Å². The second kappa shape index (κ2) is 10.8. The lowest BCUT2D eigenvalue weighted by atomic mass is 9.86. The Balaban J connectivity index is 1.27. The summed E-state index contributed by atoms with van der Waals surface area (Å²) in [4.78, 5) is 20.4. The molecule has 0 spiro atoms. The number of amides is 1. The quantitative estimate of drug-likeness (QED) is 0.593. The van der Waals surface area contributed by atoms with Crippen LogP contribution in [0.3, 0.4) is 0 Å². The average Bonchev–Trinajstić information content (AvgIpc) is 3.09. The van der Waals surface area contributed by atoms with Crippen LogP contribution in [0.2, 0.25) is 0 Å². The van der Waals surface area contributed by atoms with Gasteiger partial charge >= 0.3 is 0 Å². The van der Waals surface area contributed by atoms with Crippen molar-refractivity contribution in [2.24, 2.45) is 5.92 Å². The zero-order chi connectivity index (χ0) is 22.5. The van der Waals surface area contributed by atoms with E-state index in [9.17, 15) is 9.18 Å². The molecule has 7 heteroatoms. The number of rotatable bonds is 8. The highest BCUT2D eigenvalue weighted by Gasteiger charge is 2.24. The Labute approximate surface area is 194 Å². The Morgan fingerprint density at radius 1 is 1.25 bits per heavy atom. The van der Waals surface area contributed by atoms with Crippen LogP contribution in [0.4, 0.5) is 9.52 Å². The van der Waals surface area contributed by atoms with Gasteiger partial charge in [0.15, 0.2) is 5.13 Å². The van der Waals surface area contributed by atoms with E-state index in [2.05, 4.69) is 22.5 Å². The summed E-state index contributed by atoms with van der Waals surface area (Å²) in [5.74, 6) is 0.544. The number of likely N-dealkylation sites (N-methyl/N-ethyl adjacent to an activating group) is 1. The summed E-state index contributed by atoms with van der Waals surface area (Å²) in [5.41, 5.74) is 3.12. The van der Waals surface area contributed by atoms with Crippen molar-refractivity contribution >= 4 is 22.4 Å². The Morgan fingerprint density at radius 3 is 2.84 bits per heavy atom. The molecule has 1 fully saturated rings. The number of hydrogen-bond acceptors (Lipinski definition) is 5. The van der Waals surface area contributed by atoms with Crippen LogP contribution in [0.25, 0.3) is 11.3 Å². The van der Waals surface area contributed by atoms with E-state index in [0.717, 1.165) is 80.8 Å². The molecule has 0 unspecified atom stereocenters. The highest BCUT2D eigenvalue weighted by molar-refractivity contribution is 7.16. The second-order valence-electron chi connectivity index (χ2n) is 9.35. The third-order valence-corrected chi connectivity index (χ3v) is 7.72. The second-order valence-corrected chi connectivity index (χ2v) is 10.4. The standard InChI is InChI=1S/C25H35FN4OS/c1-3-13-30(2)16-23(31)28-20-11-7-17(8-12-20)15-27-25-29-24-21-14-19(26)10-9-18(21)5-4-6-22(24)32-25/h9-10,14,17,20H,3-8,11-13,15-16H2,1-2H3,(H,27,29)(H,28,31). The number of thiazole rings is 1. The van der Waals surface area contributed by atoms with E-state index in [1.54, 1.807) is 23.5 Å². The number of hydrogen-bond donors (Lipinski definition) is 2. The van der Waals surface area contributed by atoms with Gasteiger partial charge in [0.1, 0.15) is 5.82 Å². The van der Waals surface area contributed by atoms with Gasteiger partial charge in [-0.15, -0.1) is 11.3 Å². The number of fused-ring (bicyclic) bond motifs is 3. The van der Waals surface area contributed by atoms with Crippen LogP contribution in [-0.4, -0.2) is 48.5 Å². The molecular formula is C25H35FN4OS. The fourth-order valence-electron chi connectivity index (χ4n) is 4.96. The normalized spacial score (nSPS) is 20.4. The summed E-state index contributed by atoms with van der Waals surface area (Å²) in [6.45, 7) is 4.47. The minimum atomic E-state index is -0.194. The van der Waals surface area contributed by atoms with Crippen molar-refractivity contribution < 1.29 is 9.18 Å². The van der Waals surface area contributed by atoms with Gasteiger partial charge in [0, 0.05) is 23.0 Å². The number of anilines is 1. The number of aromatic nitrogens is 1. The molecule has 1 saturated carbocycles. The first kappa shape index (κ1) is 23.2. The summed E-state index contributed by atoms with van der Waals surface area (Å²) in [5, 5.41) is 7.71. The van der Waals surface area contributed by atoms with E-state index >= 15 is 0 Å². The molecule has 1 amide bonds. The molecule has 1 aromatic carbocycles. The van der Waals surface area contributed by atoms with Crippen LogP contribution < -0.4 is 10.6 Å². The predicted octanol–water partition coefficient (Wildman–Crippen LogP) is 4.87. The predicted molar refractivity (Wildman–Crippen MR) is 130 cm³/mol. The maximum absolute atomic E-state index is 13.9. The molecule has 4 rings (SSSR count). The SMILES string of the molecule is CCCN(C)CC(=O)NC1CCC(CNc2nc3c(s2)CCCc2ccc(F)cc2-3)CC1. The lowest BCUT2D eigenvalue weighted by molar-refractivity contribution is -0.122. The Hall–Kier alpha value is -1.99. The van der Waals surface area contributed by atoms with Crippen molar-refractivity contribution in [1.82, 2.24) is 15.2 Å². The van der Waals surface area contributed by atoms with Crippen molar-refractivity contribution in [2.75, 3.05) is 32.0 Å². The first-order valence-corrected chi connectivity index (χ1v) is 12.8. The van der Waals surface area contributed by atoms with E-state index in [-0.39, 0.29) is 11.7 Å². The zero-order valence-corrected chi connectivity index (χ0v) is 20.1. The maximum atomic E-state index is 13.9. The first-order valence-electron chi connectivity index (χ1n) is 12.0. The highest BCUT2D eigenvalue weighted by Crippen LogP contribution is 2.37. The molecule has 0 aliphatic heterocycles. The molecule has 2 aliphatic carbocycles. The molecule has 1 aromatic heterocycles. The molecule has 2 aromatic rings. The molecule has 32 heavy (non-hydrogen) atoms. The monoisotopic (exact) mass is 458 g/mol. The lowest BCUT2D eigenvalue weighted by Crippen LogP contribution is -2.43. The third kappa shape index (κ3) is 5.87. The summed E-state index contributed by atoms with van der Waals surface area (Å²) in [6, 6.07) is 5.40. The van der Waals surface area contributed by atoms with Gasteiger partial charge in [-0.2, -0.15) is 0 Å². The van der Waals surface area contributed by atoms with Crippen molar-refractivity contribution in [3.8, 4) is 11.3 Å². The number of carbonyl (C=O) groups excluding carboxylic acids is 1. The number of halogens is 1. The highest BCUT2D eigenvalue weighted by atomic mass is 32.1. The number of carbonyl (C=O) groups is 1. The molecule has 174 valence electrons. The van der Waals surface area contributed by atoms with Crippen LogP contribution in [0.15, 0.2) is 18.2 Å². The summed E-state index contributed by atoms with van der Waals surface area (Å²) in [7, 11) is 2.00. The Morgan fingerprint density at radius 2 is 2.06 bits per heavy atom. The summed E-state index contributed by atoms with van der Waals surface area (Å²) in [6.07, 6.45) is 8.43. The fourth-order valence-corrected chi connectivity index (χ4v) is 5.98. The van der Waals surface area contributed by atoms with E-state index in [4.69, 9.17) is 4.98 Å². The van der Waals surface area contributed by atoms with Gasteiger partial charge in [0.25, 0.3) is 0 Å². The molecule has 2 aliphatic rings. The summed E-state index contributed by atoms with van der Waals surface area (Å²) >= 11 is 1.72. The molecule has 5 nitrogen and oxygen atoms in total. The molecule has 2 N–H and O–H groups in total. The lowest BCUT2D eigenvalue weighted by Gasteiger charge is -2.29. The van der Waals surface area contributed by atoms with Gasteiger partial charge in [-0.25, -0.2) is 9.37 Å². The Kier molecular flexibility index (Phi) is 7.79. The zero-order valence-electron chi connectivity index (χ0n) is 19.3. The molecular weight excluding hydrogens is 423 g/mol. The molecule has 0 radical (unpaired) electrons. The maximum Gasteiger partial charge on any atom is 0.234 e. The molecule has 0 atom stereocenters. The van der Waals surface area contributed by atoms with Gasteiger partial charge < -0.3 is 10.6 Å². The topological polar surface area (TPSA) is 57.3 Å². The average molecular weight is 459 g/mol. The van der Waals surface area contributed by atoms with Crippen LogP contribution in [0, 0.1) is 11.7 Å². The fraction of sp³-hybridized carbons (Fsp3) is 0.600. The number of benzene rings is 1. The van der Waals surface area contributed by atoms with Gasteiger partial charge in [0.2, 0.25) is 5.91 Å². The minimum absolute atomic E-state index is 0.142. The van der Waals surface area contributed by atoms with Gasteiger partial charge in [-0.1, -0.05) is 13.0 Å². The van der Waals surface area contributed by atoms with Crippen molar-refractivity contribution in [3.05, 3.63) is 34.5 Å². The number of nitrogens with zero attached hydrogens (tertiary/aromatic N) is 2. The van der Waals surface area contributed by atoms with E-state index in [1.807, 2.05) is 13.1 Å². The molecule has 0 bridgehead atoms. The van der Waals surface area contributed by atoms with Crippen molar-refractivity contribution in [1.29, 1.82) is 0 Å². The number of aryl methyl sites for hydroxylation is 2. The van der Waals surface area contributed by atoms with Crippen LogP contribution >= 0.6 is 11.3 Å². The van der Waals surface area contributed by atoms with E-state index < -0.39 is 0 Å². The smallest absolute Gasteiger partial charge is 0.234 e. The van der Waals surface area contributed by atoms with E-state index in [1.165, 1.54) is 10.4 Å². The van der Waals surface area contributed by atoms with Crippen molar-refractivity contribution in [2.45, 2.75) is 64.3 Å². The van der Waals surface area contributed by atoms with Gasteiger partial charge in [-0.05, 0) is 88.6 Å². The van der Waals surface area contributed by atoms with Crippen LogP contribution in [0.1, 0.15) is 55.9 Å². The largest absolute Gasteiger partial charge is 0.361 e. The van der Waals surface area contributed by atoms with Crippen LogP contribution in [-0.2, 0) is 17.6 Å².